The van der Waals surface area contributed by atoms with Gasteiger partial charge in [0.05, 0.1) is 11.4 Å². The molecular formula is C17H15N3OS2. The lowest BCUT2D eigenvalue weighted by Crippen LogP contribution is -2.13. The summed E-state index contributed by atoms with van der Waals surface area (Å²) in [5, 5.41) is 5.41. The SMILES string of the molecule is O=C(CSCc1ccccc1)Nc1nc(-c2ccncc2)cs1. The van der Waals surface area contributed by atoms with Crippen LogP contribution in [-0.2, 0) is 10.5 Å². The van der Waals surface area contributed by atoms with E-state index in [1.165, 1.54) is 16.9 Å². The molecule has 1 amide bonds. The minimum absolute atomic E-state index is 0.0263. The number of rotatable bonds is 6. The lowest BCUT2D eigenvalue weighted by Gasteiger charge is -2.02. The van der Waals surface area contributed by atoms with Crippen LogP contribution in [0.1, 0.15) is 5.56 Å². The van der Waals surface area contributed by atoms with Gasteiger partial charge in [-0.1, -0.05) is 30.3 Å². The zero-order chi connectivity index (χ0) is 15.9. The summed E-state index contributed by atoms with van der Waals surface area (Å²) in [7, 11) is 0. The molecule has 3 rings (SSSR count). The second-order valence-corrected chi connectivity index (χ2v) is 6.64. The van der Waals surface area contributed by atoms with Gasteiger partial charge in [-0.2, -0.15) is 0 Å². The summed E-state index contributed by atoms with van der Waals surface area (Å²) < 4.78 is 0. The van der Waals surface area contributed by atoms with Crippen LogP contribution in [0.25, 0.3) is 11.3 Å². The molecule has 0 fully saturated rings. The fourth-order valence-electron chi connectivity index (χ4n) is 1.98. The Hall–Kier alpha value is -2.18. The van der Waals surface area contributed by atoms with Crippen LogP contribution in [0.4, 0.5) is 5.13 Å². The minimum Gasteiger partial charge on any atom is -0.301 e. The molecule has 0 aliphatic carbocycles. The van der Waals surface area contributed by atoms with Crippen LogP contribution in [0.3, 0.4) is 0 Å². The number of nitrogens with zero attached hydrogens (tertiary/aromatic N) is 2. The van der Waals surface area contributed by atoms with Gasteiger partial charge in [0.1, 0.15) is 0 Å². The molecule has 23 heavy (non-hydrogen) atoms. The molecule has 0 radical (unpaired) electrons. The molecule has 2 heterocycles. The first kappa shape index (κ1) is 15.7. The fourth-order valence-corrected chi connectivity index (χ4v) is 3.50. The van der Waals surface area contributed by atoms with Gasteiger partial charge in [-0.3, -0.25) is 9.78 Å². The van der Waals surface area contributed by atoms with Crippen molar-refractivity contribution >= 4 is 34.1 Å². The van der Waals surface area contributed by atoms with E-state index in [-0.39, 0.29) is 5.91 Å². The van der Waals surface area contributed by atoms with Crippen LogP contribution in [0.5, 0.6) is 0 Å². The zero-order valence-corrected chi connectivity index (χ0v) is 13.9. The third kappa shape index (κ3) is 4.64. The van der Waals surface area contributed by atoms with E-state index in [1.807, 2.05) is 35.7 Å². The van der Waals surface area contributed by atoms with E-state index in [9.17, 15) is 4.79 Å². The molecule has 0 saturated carbocycles. The Bertz CT molecular complexity index is 760. The van der Waals surface area contributed by atoms with E-state index in [0.29, 0.717) is 10.9 Å². The van der Waals surface area contributed by atoms with Crippen LogP contribution in [0.2, 0.25) is 0 Å². The normalized spacial score (nSPS) is 10.4. The number of pyridine rings is 1. The highest BCUT2D eigenvalue weighted by atomic mass is 32.2. The summed E-state index contributed by atoms with van der Waals surface area (Å²) in [4.78, 5) is 20.4. The van der Waals surface area contributed by atoms with Crippen LogP contribution >= 0.6 is 23.1 Å². The number of carbonyl (C=O) groups excluding carboxylic acids is 1. The highest BCUT2D eigenvalue weighted by Gasteiger charge is 2.08. The van der Waals surface area contributed by atoms with Crippen molar-refractivity contribution in [3.63, 3.8) is 0 Å². The summed E-state index contributed by atoms with van der Waals surface area (Å²) >= 11 is 3.02. The predicted octanol–water partition coefficient (Wildman–Crippen LogP) is 4.08. The average Bonchev–Trinajstić information content (AvgIpc) is 3.05. The Morgan fingerprint density at radius 2 is 1.91 bits per heavy atom. The highest BCUT2D eigenvalue weighted by molar-refractivity contribution is 7.99. The first-order valence-electron chi connectivity index (χ1n) is 7.09. The molecule has 0 unspecified atom stereocenters. The van der Waals surface area contributed by atoms with Gasteiger partial charge in [-0.15, -0.1) is 23.1 Å². The molecule has 3 aromatic rings. The average molecular weight is 341 g/mol. The summed E-state index contributed by atoms with van der Waals surface area (Å²) in [5.74, 6) is 1.22. The van der Waals surface area contributed by atoms with Gasteiger partial charge in [-0.05, 0) is 17.7 Å². The number of thioether (sulfide) groups is 1. The Labute approximate surface area is 143 Å². The molecule has 0 aliphatic heterocycles. The van der Waals surface area contributed by atoms with Crippen molar-refractivity contribution in [3.05, 3.63) is 65.8 Å². The van der Waals surface area contributed by atoms with Crippen molar-refractivity contribution in [1.82, 2.24) is 9.97 Å². The van der Waals surface area contributed by atoms with Gasteiger partial charge in [0.25, 0.3) is 0 Å². The molecule has 0 spiro atoms. The van der Waals surface area contributed by atoms with Crippen molar-refractivity contribution in [2.75, 3.05) is 11.1 Å². The van der Waals surface area contributed by atoms with E-state index in [4.69, 9.17) is 0 Å². The van der Waals surface area contributed by atoms with Crippen LogP contribution in [-0.4, -0.2) is 21.6 Å². The molecule has 0 aliphatic rings. The molecule has 4 nitrogen and oxygen atoms in total. The Morgan fingerprint density at radius 1 is 1.13 bits per heavy atom. The van der Waals surface area contributed by atoms with Gasteiger partial charge in [0.15, 0.2) is 5.13 Å². The summed E-state index contributed by atoms with van der Waals surface area (Å²) in [5.41, 5.74) is 3.07. The number of hydrogen-bond donors (Lipinski definition) is 1. The Kier molecular flexibility index (Phi) is 5.39. The number of amides is 1. The number of aromatic nitrogens is 2. The number of hydrogen-bond acceptors (Lipinski definition) is 5. The summed E-state index contributed by atoms with van der Waals surface area (Å²) in [6, 6.07) is 13.9. The number of anilines is 1. The molecule has 0 bridgehead atoms. The number of thiazole rings is 1. The molecule has 1 N–H and O–H groups in total. The second-order valence-electron chi connectivity index (χ2n) is 4.80. The standard InChI is InChI=1S/C17H15N3OS2/c21-16(12-22-10-13-4-2-1-3-5-13)20-17-19-15(11-23-17)14-6-8-18-9-7-14/h1-9,11H,10,12H2,(H,19,20,21). The minimum atomic E-state index is -0.0263. The van der Waals surface area contributed by atoms with Gasteiger partial charge in [0.2, 0.25) is 5.91 Å². The third-order valence-electron chi connectivity index (χ3n) is 3.07. The van der Waals surface area contributed by atoms with Crippen molar-refractivity contribution in [2.45, 2.75) is 5.75 Å². The zero-order valence-electron chi connectivity index (χ0n) is 12.3. The Balaban J connectivity index is 1.49. The van der Waals surface area contributed by atoms with Crippen molar-refractivity contribution in [2.24, 2.45) is 0 Å². The molecule has 0 atom stereocenters. The first-order valence-corrected chi connectivity index (χ1v) is 9.12. The van der Waals surface area contributed by atoms with E-state index in [2.05, 4.69) is 27.4 Å². The third-order valence-corrected chi connectivity index (χ3v) is 4.83. The van der Waals surface area contributed by atoms with Gasteiger partial charge in [-0.25, -0.2) is 4.98 Å². The predicted molar refractivity (Wildman–Crippen MR) is 96.6 cm³/mol. The molecule has 6 heteroatoms. The van der Waals surface area contributed by atoms with Crippen molar-refractivity contribution in [3.8, 4) is 11.3 Å². The van der Waals surface area contributed by atoms with Gasteiger partial charge in [0, 0.05) is 29.1 Å². The largest absolute Gasteiger partial charge is 0.301 e. The summed E-state index contributed by atoms with van der Waals surface area (Å²) in [6.45, 7) is 0. The van der Waals surface area contributed by atoms with E-state index in [0.717, 1.165) is 17.0 Å². The van der Waals surface area contributed by atoms with Gasteiger partial charge < -0.3 is 5.32 Å². The van der Waals surface area contributed by atoms with E-state index >= 15 is 0 Å². The van der Waals surface area contributed by atoms with Gasteiger partial charge >= 0.3 is 0 Å². The number of benzene rings is 1. The molecule has 116 valence electrons. The monoisotopic (exact) mass is 341 g/mol. The second kappa shape index (κ2) is 7.89. The fraction of sp³-hybridized carbons (Fsp3) is 0.118. The summed E-state index contributed by atoms with van der Waals surface area (Å²) in [6.07, 6.45) is 3.46. The van der Waals surface area contributed by atoms with Crippen molar-refractivity contribution in [1.29, 1.82) is 0 Å². The maximum atomic E-state index is 12.0. The topological polar surface area (TPSA) is 54.9 Å². The lowest BCUT2D eigenvalue weighted by atomic mass is 10.2. The molecule has 1 aromatic carbocycles. The van der Waals surface area contributed by atoms with Crippen molar-refractivity contribution < 1.29 is 4.79 Å². The maximum Gasteiger partial charge on any atom is 0.236 e. The lowest BCUT2D eigenvalue weighted by molar-refractivity contribution is -0.113. The van der Waals surface area contributed by atoms with Crippen LogP contribution in [0, 0.1) is 0 Å². The quantitative estimate of drug-likeness (QED) is 0.734. The molecular weight excluding hydrogens is 326 g/mol. The highest BCUT2D eigenvalue weighted by Crippen LogP contribution is 2.24. The van der Waals surface area contributed by atoms with E-state index < -0.39 is 0 Å². The molecule has 0 saturated heterocycles. The van der Waals surface area contributed by atoms with E-state index in [1.54, 1.807) is 24.2 Å². The first-order chi connectivity index (χ1) is 11.3. The van der Waals surface area contributed by atoms with Crippen LogP contribution < -0.4 is 5.32 Å². The smallest absolute Gasteiger partial charge is 0.236 e. The van der Waals surface area contributed by atoms with Crippen LogP contribution in [0.15, 0.2) is 60.2 Å². The number of carbonyl (C=O) groups is 1. The number of nitrogens with one attached hydrogen (secondary N) is 1. The Morgan fingerprint density at radius 3 is 2.70 bits per heavy atom. The maximum absolute atomic E-state index is 12.0. The molecule has 2 aromatic heterocycles.